The van der Waals surface area contributed by atoms with Gasteiger partial charge >= 0.3 is 5.97 Å². The number of aliphatic hydroxyl groups excluding tert-OH is 1. The lowest BCUT2D eigenvalue weighted by molar-refractivity contribution is 0.0696. The van der Waals surface area contributed by atoms with E-state index in [1.54, 1.807) is 25.3 Å². The van der Waals surface area contributed by atoms with Crippen molar-refractivity contribution < 1.29 is 29.3 Å². The third-order valence-corrected chi connectivity index (χ3v) is 4.45. The van der Waals surface area contributed by atoms with Crippen molar-refractivity contribution in [3.63, 3.8) is 0 Å². The molecule has 0 saturated heterocycles. The maximum absolute atomic E-state index is 12.2. The molecule has 0 radical (unpaired) electrons. The first-order valence-corrected chi connectivity index (χ1v) is 8.05. The van der Waals surface area contributed by atoms with E-state index in [0.717, 1.165) is 5.56 Å². The molecule has 7 heteroatoms. The zero-order valence-corrected chi connectivity index (χ0v) is 14.4. The third kappa shape index (κ3) is 2.97. The van der Waals surface area contributed by atoms with Crippen LogP contribution in [0.15, 0.2) is 36.4 Å². The molecule has 7 nitrogen and oxygen atoms in total. The van der Waals surface area contributed by atoms with Gasteiger partial charge in [-0.2, -0.15) is 0 Å². The summed E-state index contributed by atoms with van der Waals surface area (Å²) in [5.74, 6) is -1.09. The number of carboxylic acid groups (broad SMARTS) is 1. The average molecular weight is 357 g/mol. The van der Waals surface area contributed by atoms with Crippen LogP contribution in [0.25, 0.3) is 0 Å². The van der Waals surface area contributed by atoms with Gasteiger partial charge in [-0.15, -0.1) is 0 Å². The van der Waals surface area contributed by atoms with Gasteiger partial charge in [0, 0.05) is 12.6 Å². The second kappa shape index (κ2) is 7.05. The quantitative estimate of drug-likeness (QED) is 0.751. The smallest absolute Gasteiger partial charge is 0.335 e. The van der Waals surface area contributed by atoms with Crippen LogP contribution in [0.1, 0.15) is 37.8 Å². The van der Waals surface area contributed by atoms with Crippen molar-refractivity contribution in [2.24, 2.45) is 0 Å². The van der Waals surface area contributed by atoms with Gasteiger partial charge in [0.25, 0.3) is 5.91 Å². The van der Waals surface area contributed by atoms with E-state index < -0.39 is 23.9 Å². The first kappa shape index (κ1) is 17.8. The van der Waals surface area contributed by atoms with Crippen LogP contribution in [-0.4, -0.2) is 49.0 Å². The summed E-state index contributed by atoms with van der Waals surface area (Å²) in [6, 6.07) is 10.0. The molecular formula is C19H19NO6. The van der Waals surface area contributed by atoms with Gasteiger partial charge in [-0.05, 0) is 29.8 Å². The highest BCUT2D eigenvalue weighted by Crippen LogP contribution is 2.45. The standard InChI is InChI=1S/C19H19NO6/c1-20-18(22)14-8-11(19(23)24)7-13-16(15(9-21)26-17(13)14)10-4-3-5-12(6-10)25-2/h3-8,15-16,21H,9H2,1-2H3,(H,20,22)(H,23,24)/t15-,16+/m1/s1. The van der Waals surface area contributed by atoms with Crippen LogP contribution in [0.2, 0.25) is 0 Å². The molecule has 0 unspecified atom stereocenters. The maximum atomic E-state index is 12.2. The van der Waals surface area contributed by atoms with Crippen molar-refractivity contribution in [1.82, 2.24) is 5.32 Å². The van der Waals surface area contributed by atoms with E-state index in [4.69, 9.17) is 9.47 Å². The summed E-state index contributed by atoms with van der Waals surface area (Å²) in [6.07, 6.45) is -0.635. The van der Waals surface area contributed by atoms with Crippen molar-refractivity contribution in [3.05, 3.63) is 58.7 Å². The Labute approximate surface area is 150 Å². The largest absolute Gasteiger partial charge is 0.497 e. The fourth-order valence-electron chi connectivity index (χ4n) is 3.23. The summed E-state index contributed by atoms with van der Waals surface area (Å²) in [4.78, 5) is 23.7. The van der Waals surface area contributed by atoms with E-state index in [9.17, 15) is 19.8 Å². The van der Waals surface area contributed by atoms with Gasteiger partial charge in [0.2, 0.25) is 0 Å². The molecule has 0 saturated carbocycles. The van der Waals surface area contributed by atoms with E-state index in [2.05, 4.69) is 5.32 Å². The predicted octanol–water partition coefficient (Wildman–Crippen LogP) is 1.64. The average Bonchev–Trinajstić information content (AvgIpc) is 3.05. The van der Waals surface area contributed by atoms with E-state index >= 15 is 0 Å². The van der Waals surface area contributed by atoms with Crippen LogP contribution < -0.4 is 14.8 Å². The number of aromatic carboxylic acids is 1. The maximum Gasteiger partial charge on any atom is 0.335 e. The van der Waals surface area contributed by atoms with Gasteiger partial charge in [0.05, 0.1) is 30.8 Å². The predicted molar refractivity (Wildman–Crippen MR) is 93.1 cm³/mol. The van der Waals surface area contributed by atoms with Gasteiger partial charge in [-0.1, -0.05) is 12.1 Å². The number of amides is 1. The SMILES string of the molecule is CNC(=O)c1cc(C(=O)O)cc2c1O[C@H](CO)[C@H]2c1cccc(OC)c1. The van der Waals surface area contributed by atoms with E-state index in [1.165, 1.54) is 19.2 Å². The Hall–Kier alpha value is -3.06. The number of hydrogen-bond acceptors (Lipinski definition) is 5. The van der Waals surface area contributed by atoms with Crippen LogP contribution in [0, 0.1) is 0 Å². The Morgan fingerprint density at radius 3 is 2.65 bits per heavy atom. The minimum Gasteiger partial charge on any atom is -0.497 e. The number of carbonyl (C=O) groups is 2. The van der Waals surface area contributed by atoms with Gasteiger partial charge in [0.15, 0.2) is 0 Å². The minimum atomic E-state index is -1.14. The van der Waals surface area contributed by atoms with Gasteiger partial charge in [-0.3, -0.25) is 4.79 Å². The number of carboxylic acids is 1. The molecule has 3 N–H and O–H groups in total. The van der Waals surface area contributed by atoms with Crippen LogP contribution in [0.5, 0.6) is 11.5 Å². The number of nitrogens with one attached hydrogen (secondary N) is 1. The lowest BCUT2D eigenvalue weighted by Gasteiger charge is -2.18. The lowest BCUT2D eigenvalue weighted by atomic mass is 9.86. The fourth-order valence-corrected chi connectivity index (χ4v) is 3.23. The zero-order valence-electron chi connectivity index (χ0n) is 14.4. The van der Waals surface area contributed by atoms with Gasteiger partial charge < -0.3 is 25.0 Å². The molecule has 2 aromatic rings. The second-order valence-electron chi connectivity index (χ2n) is 5.92. The molecule has 1 aliphatic heterocycles. The molecular weight excluding hydrogens is 338 g/mol. The number of methoxy groups -OCH3 is 1. The van der Waals surface area contributed by atoms with Gasteiger partial charge in [0.1, 0.15) is 17.6 Å². The molecule has 1 amide bonds. The molecule has 136 valence electrons. The number of carbonyl (C=O) groups excluding carboxylic acids is 1. The number of rotatable bonds is 5. The number of fused-ring (bicyclic) bond motifs is 1. The van der Waals surface area contributed by atoms with E-state index in [0.29, 0.717) is 17.1 Å². The Morgan fingerprint density at radius 1 is 1.27 bits per heavy atom. The third-order valence-electron chi connectivity index (χ3n) is 4.45. The number of benzene rings is 2. The zero-order chi connectivity index (χ0) is 18.8. The molecule has 0 fully saturated rings. The highest BCUT2D eigenvalue weighted by molar-refractivity contribution is 6.00. The normalized spacial score (nSPS) is 18.0. The Bertz CT molecular complexity index is 863. The molecule has 1 heterocycles. The monoisotopic (exact) mass is 357 g/mol. The summed E-state index contributed by atoms with van der Waals surface area (Å²) < 4.78 is 11.1. The molecule has 0 bridgehead atoms. The number of ether oxygens (including phenoxy) is 2. The molecule has 0 aromatic heterocycles. The van der Waals surface area contributed by atoms with Gasteiger partial charge in [-0.25, -0.2) is 4.79 Å². The van der Waals surface area contributed by atoms with Crippen molar-refractivity contribution >= 4 is 11.9 Å². The first-order chi connectivity index (χ1) is 12.5. The van der Waals surface area contributed by atoms with Crippen LogP contribution in [0.4, 0.5) is 0 Å². The van der Waals surface area contributed by atoms with Crippen molar-refractivity contribution in [2.75, 3.05) is 20.8 Å². The van der Waals surface area contributed by atoms with E-state index in [-0.39, 0.29) is 17.7 Å². The molecule has 0 spiro atoms. The van der Waals surface area contributed by atoms with Crippen molar-refractivity contribution in [1.29, 1.82) is 0 Å². The number of aliphatic hydroxyl groups is 1. The molecule has 1 aliphatic rings. The molecule has 3 rings (SSSR count). The summed E-state index contributed by atoms with van der Waals surface area (Å²) >= 11 is 0. The highest BCUT2D eigenvalue weighted by Gasteiger charge is 2.38. The number of hydrogen-bond donors (Lipinski definition) is 3. The summed E-state index contributed by atoms with van der Waals surface area (Å²) in [6.45, 7) is -0.286. The van der Waals surface area contributed by atoms with E-state index in [1.807, 2.05) is 6.07 Å². The lowest BCUT2D eigenvalue weighted by Crippen LogP contribution is -2.24. The van der Waals surface area contributed by atoms with Crippen molar-refractivity contribution in [3.8, 4) is 11.5 Å². The van der Waals surface area contributed by atoms with Crippen LogP contribution in [-0.2, 0) is 0 Å². The summed E-state index contributed by atoms with van der Waals surface area (Å²) in [5, 5.41) is 21.7. The highest BCUT2D eigenvalue weighted by atomic mass is 16.5. The topological polar surface area (TPSA) is 105 Å². The first-order valence-electron chi connectivity index (χ1n) is 8.05. The van der Waals surface area contributed by atoms with Crippen LogP contribution >= 0.6 is 0 Å². The summed E-state index contributed by atoms with van der Waals surface area (Å²) in [7, 11) is 3.01. The molecule has 0 aliphatic carbocycles. The minimum absolute atomic E-state index is 0.0163. The second-order valence-corrected chi connectivity index (χ2v) is 5.92. The molecule has 2 aromatic carbocycles. The molecule has 26 heavy (non-hydrogen) atoms. The Morgan fingerprint density at radius 2 is 2.04 bits per heavy atom. The Balaban J connectivity index is 2.21. The van der Waals surface area contributed by atoms with Crippen molar-refractivity contribution in [2.45, 2.75) is 12.0 Å². The summed E-state index contributed by atoms with van der Waals surface area (Å²) in [5.41, 5.74) is 1.46. The van der Waals surface area contributed by atoms with Crippen LogP contribution in [0.3, 0.4) is 0 Å². The molecule has 2 atom stereocenters. The Kier molecular flexibility index (Phi) is 4.81. The fraction of sp³-hybridized carbons (Fsp3) is 0.263.